The van der Waals surface area contributed by atoms with Crippen molar-refractivity contribution in [1.29, 1.82) is 0 Å². The van der Waals surface area contributed by atoms with Crippen LogP contribution in [0.4, 0.5) is 11.4 Å². The molecular formula is C12H14BrN3O2. The first-order chi connectivity index (χ1) is 8.58. The average molecular weight is 312 g/mol. The lowest BCUT2D eigenvalue weighted by molar-refractivity contribution is -0.385. The molecule has 2 aliphatic rings. The van der Waals surface area contributed by atoms with E-state index in [1.807, 2.05) is 6.07 Å². The number of piperidine rings is 1. The van der Waals surface area contributed by atoms with E-state index in [9.17, 15) is 10.1 Å². The molecule has 2 N–H and O–H groups in total. The molecule has 96 valence electrons. The number of rotatable bonds is 3. The lowest BCUT2D eigenvalue weighted by atomic mass is 10.2. The molecule has 0 bridgehead atoms. The molecule has 6 heteroatoms. The first-order valence-electron chi connectivity index (χ1n) is 5.99. The van der Waals surface area contributed by atoms with E-state index < -0.39 is 0 Å². The molecule has 3 rings (SSSR count). The largest absolute Gasteiger partial charge is 0.381 e. The molecule has 18 heavy (non-hydrogen) atoms. The molecule has 1 aliphatic carbocycles. The summed E-state index contributed by atoms with van der Waals surface area (Å²) >= 11 is 3.40. The minimum absolute atomic E-state index is 0.157. The summed E-state index contributed by atoms with van der Waals surface area (Å²) in [5, 5.41) is 17.7. The minimum atomic E-state index is -0.348. The second kappa shape index (κ2) is 4.20. The summed E-state index contributed by atoms with van der Waals surface area (Å²) in [6.45, 7) is 3.92. The highest BCUT2D eigenvalue weighted by atomic mass is 79.9. The number of anilines is 1. The van der Waals surface area contributed by atoms with Gasteiger partial charge in [-0.25, -0.2) is 0 Å². The molecule has 2 atom stereocenters. The first kappa shape index (κ1) is 11.9. The van der Waals surface area contributed by atoms with Crippen LogP contribution in [0, 0.1) is 28.9 Å². The van der Waals surface area contributed by atoms with Gasteiger partial charge in [-0.15, -0.1) is 0 Å². The first-order valence-corrected chi connectivity index (χ1v) is 6.79. The Morgan fingerprint density at radius 1 is 1.44 bits per heavy atom. The van der Waals surface area contributed by atoms with Crippen LogP contribution in [-0.4, -0.2) is 24.1 Å². The van der Waals surface area contributed by atoms with Crippen LogP contribution in [0.5, 0.6) is 0 Å². The Bertz CT molecular complexity index is 510. The van der Waals surface area contributed by atoms with Crippen molar-refractivity contribution < 1.29 is 4.92 Å². The second-order valence-electron chi connectivity index (χ2n) is 5.03. The molecule has 0 spiro atoms. The normalized spacial score (nSPS) is 28.9. The number of nitro groups is 1. The second-order valence-corrected chi connectivity index (χ2v) is 5.89. The van der Waals surface area contributed by atoms with Crippen molar-refractivity contribution in [3.63, 3.8) is 0 Å². The van der Waals surface area contributed by atoms with Crippen LogP contribution in [0.2, 0.25) is 0 Å². The number of halogens is 1. The molecule has 0 radical (unpaired) electrons. The van der Waals surface area contributed by atoms with E-state index in [1.54, 1.807) is 13.0 Å². The quantitative estimate of drug-likeness (QED) is 0.664. The number of nitrogens with one attached hydrogen (secondary N) is 2. The maximum Gasteiger partial charge on any atom is 0.273 e. The monoisotopic (exact) mass is 311 g/mol. The Morgan fingerprint density at radius 2 is 2.11 bits per heavy atom. The number of hydrogen-bond acceptors (Lipinski definition) is 4. The number of nitro benzene ring substituents is 1. The SMILES string of the molecule is Cc1cc(NC2C3CNCC32)c(Br)cc1[N+](=O)[O-]. The van der Waals surface area contributed by atoms with E-state index >= 15 is 0 Å². The lowest BCUT2D eigenvalue weighted by Gasteiger charge is -2.12. The Kier molecular flexibility index (Phi) is 2.79. The predicted octanol–water partition coefficient (Wildman–Crippen LogP) is 2.30. The van der Waals surface area contributed by atoms with Gasteiger partial charge in [0.05, 0.1) is 4.92 Å². The number of hydrogen-bond donors (Lipinski definition) is 2. The number of nitrogens with zero attached hydrogens (tertiary/aromatic N) is 1. The molecule has 1 saturated carbocycles. The summed E-state index contributed by atoms with van der Waals surface area (Å²) in [4.78, 5) is 10.5. The molecule has 2 unspecified atom stereocenters. The highest BCUT2D eigenvalue weighted by molar-refractivity contribution is 9.10. The van der Waals surface area contributed by atoms with Crippen LogP contribution in [0.3, 0.4) is 0 Å². The summed E-state index contributed by atoms with van der Waals surface area (Å²) < 4.78 is 0.762. The van der Waals surface area contributed by atoms with Crippen LogP contribution in [0.25, 0.3) is 0 Å². The van der Waals surface area contributed by atoms with Gasteiger partial charge in [0.15, 0.2) is 0 Å². The zero-order valence-electron chi connectivity index (χ0n) is 9.94. The van der Waals surface area contributed by atoms with Gasteiger partial charge in [0.2, 0.25) is 0 Å². The highest BCUT2D eigenvalue weighted by Gasteiger charge is 2.53. The Labute approximate surface area is 113 Å². The van der Waals surface area contributed by atoms with Crippen molar-refractivity contribution in [2.45, 2.75) is 13.0 Å². The van der Waals surface area contributed by atoms with E-state index in [1.165, 1.54) is 0 Å². The van der Waals surface area contributed by atoms with Crippen molar-refractivity contribution in [3.05, 3.63) is 32.3 Å². The van der Waals surface area contributed by atoms with Crippen LogP contribution >= 0.6 is 15.9 Å². The molecule has 1 saturated heterocycles. The van der Waals surface area contributed by atoms with Crippen molar-refractivity contribution in [2.75, 3.05) is 18.4 Å². The fourth-order valence-electron chi connectivity index (χ4n) is 2.79. The standard InChI is InChI=1S/C12H14BrN3O2/c1-6-2-10(9(13)3-11(6)16(17)18)15-12-7-4-14-5-8(7)12/h2-3,7-8,12,14-15H,4-5H2,1H3. The summed E-state index contributed by atoms with van der Waals surface area (Å²) in [7, 11) is 0. The van der Waals surface area contributed by atoms with Crippen LogP contribution in [-0.2, 0) is 0 Å². The topological polar surface area (TPSA) is 67.2 Å². The molecule has 2 fully saturated rings. The lowest BCUT2D eigenvalue weighted by Crippen LogP contribution is -2.21. The van der Waals surface area contributed by atoms with Crippen molar-refractivity contribution in [2.24, 2.45) is 11.8 Å². The van der Waals surface area contributed by atoms with E-state index in [0.717, 1.165) is 23.2 Å². The Hall–Kier alpha value is -1.14. The average Bonchev–Trinajstić information content (AvgIpc) is 2.74. The minimum Gasteiger partial charge on any atom is -0.381 e. The van der Waals surface area contributed by atoms with Crippen molar-refractivity contribution in [3.8, 4) is 0 Å². The van der Waals surface area contributed by atoms with Gasteiger partial charge in [0.25, 0.3) is 5.69 Å². The number of aryl methyl sites for hydroxylation is 1. The van der Waals surface area contributed by atoms with E-state index in [0.29, 0.717) is 23.4 Å². The highest BCUT2D eigenvalue weighted by Crippen LogP contribution is 2.45. The summed E-state index contributed by atoms with van der Waals surface area (Å²) in [5.41, 5.74) is 1.80. The molecule has 5 nitrogen and oxygen atoms in total. The number of fused-ring (bicyclic) bond motifs is 1. The zero-order chi connectivity index (χ0) is 12.9. The van der Waals surface area contributed by atoms with Gasteiger partial charge in [0.1, 0.15) is 0 Å². The Morgan fingerprint density at radius 3 is 2.72 bits per heavy atom. The number of benzene rings is 1. The maximum atomic E-state index is 10.8. The van der Waals surface area contributed by atoms with E-state index in [-0.39, 0.29) is 10.6 Å². The fourth-order valence-corrected chi connectivity index (χ4v) is 3.24. The molecule has 1 heterocycles. The summed E-state index contributed by atoms with van der Waals surface area (Å²) in [5.74, 6) is 1.43. The van der Waals surface area contributed by atoms with Gasteiger partial charge >= 0.3 is 0 Å². The Balaban J connectivity index is 1.80. The van der Waals surface area contributed by atoms with Gasteiger partial charge < -0.3 is 10.6 Å². The van der Waals surface area contributed by atoms with Crippen molar-refractivity contribution in [1.82, 2.24) is 5.32 Å². The van der Waals surface area contributed by atoms with Crippen LogP contribution < -0.4 is 10.6 Å². The third-order valence-electron chi connectivity index (χ3n) is 3.90. The van der Waals surface area contributed by atoms with Crippen LogP contribution in [0.15, 0.2) is 16.6 Å². The molecule has 0 amide bonds. The van der Waals surface area contributed by atoms with Gasteiger partial charge in [-0.1, -0.05) is 0 Å². The van der Waals surface area contributed by atoms with E-state index in [4.69, 9.17) is 0 Å². The zero-order valence-corrected chi connectivity index (χ0v) is 11.5. The molecular weight excluding hydrogens is 298 g/mol. The summed E-state index contributed by atoms with van der Waals surface area (Å²) in [6, 6.07) is 3.95. The third-order valence-corrected chi connectivity index (χ3v) is 4.55. The van der Waals surface area contributed by atoms with Gasteiger partial charge in [0, 0.05) is 40.9 Å². The molecule has 1 aliphatic heterocycles. The van der Waals surface area contributed by atoms with Gasteiger partial charge in [-0.2, -0.15) is 0 Å². The predicted molar refractivity (Wildman–Crippen MR) is 72.8 cm³/mol. The molecule has 1 aromatic rings. The molecule has 0 aromatic heterocycles. The third kappa shape index (κ3) is 1.89. The van der Waals surface area contributed by atoms with E-state index in [2.05, 4.69) is 26.6 Å². The smallest absolute Gasteiger partial charge is 0.273 e. The maximum absolute atomic E-state index is 10.8. The fraction of sp³-hybridized carbons (Fsp3) is 0.500. The van der Waals surface area contributed by atoms with Crippen LogP contribution in [0.1, 0.15) is 5.56 Å². The van der Waals surface area contributed by atoms with Gasteiger partial charge in [-0.3, -0.25) is 10.1 Å². The summed E-state index contributed by atoms with van der Waals surface area (Å²) in [6.07, 6.45) is 0. The van der Waals surface area contributed by atoms with Crippen molar-refractivity contribution >= 4 is 27.3 Å². The van der Waals surface area contributed by atoms with Gasteiger partial charge in [-0.05, 0) is 40.8 Å². The molecule has 1 aromatic carbocycles.